The maximum Gasteiger partial charge on any atom is 0.232 e. The van der Waals surface area contributed by atoms with Gasteiger partial charge >= 0.3 is 0 Å². The lowest BCUT2D eigenvalue weighted by molar-refractivity contribution is 0.163. The minimum absolute atomic E-state index is 0.185. The van der Waals surface area contributed by atoms with E-state index in [1.165, 1.54) is 5.69 Å². The lowest BCUT2D eigenvalue weighted by Crippen LogP contribution is -2.38. The van der Waals surface area contributed by atoms with Gasteiger partial charge in [0.2, 0.25) is 5.88 Å². The fourth-order valence-electron chi connectivity index (χ4n) is 3.21. The highest BCUT2D eigenvalue weighted by Gasteiger charge is 2.23. The fraction of sp³-hybridized carbons (Fsp3) is 0.412. The third-order valence-electron chi connectivity index (χ3n) is 4.42. The number of piperidine rings is 1. The highest BCUT2D eigenvalue weighted by Crippen LogP contribution is 2.29. The van der Waals surface area contributed by atoms with Crippen molar-refractivity contribution >= 4 is 16.7 Å². The standard InChI is InChI=1S/C17H20N6O/c1-12-9-15(14-10-20-22(2)17(14)21-12)23-7-3-13(4-8-23)24-16-11-18-5-6-19-16/h5-6,9-11,13H,3-4,7-8H2,1-2H3. The van der Waals surface area contributed by atoms with Crippen LogP contribution in [-0.4, -0.2) is 43.9 Å². The second kappa shape index (κ2) is 6.07. The van der Waals surface area contributed by atoms with Gasteiger partial charge in [0.25, 0.3) is 0 Å². The number of ether oxygens (including phenoxy) is 1. The van der Waals surface area contributed by atoms with Crippen molar-refractivity contribution in [1.29, 1.82) is 0 Å². The first kappa shape index (κ1) is 14.9. The number of pyridine rings is 1. The molecule has 0 radical (unpaired) electrons. The molecule has 0 unspecified atom stereocenters. The van der Waals surface area contributed by atoms with Crippen molar-refractivity contribution in [3.05, 3.63) is 36.5 Å². The van der Waals surface area contributed by atoms with E-state index >= 15 is 0 Å². The SMILES string of the molecule is Cc1cc(N2CCC(Oc3cnccn3)CC2)c2cnn(C)c2n1. The quantitative estimate of drug-likeness (QED) is 0.735. The van der Waals surface area contributed by atoms with Crippen molar-refractivity contribution < 1.29 is 4.74 Å². The van der Waals surface area contributed by atoms with E-state index in [1.54, 1.807) is 18.6 Å². The number of nitrogens with zero attached hydrogens (tertiary/aromatic N) is 6. The summed E-state index contributed by atoms with van der Waals surface area (Å²) in [5, 5.41) is 5.46. The van der Waals surface area contributed by atoms with Crippen molar-refractivity contribution in [3.63, 3.8) is 0 Å². The first-order chi connectivity index (χ1) is 11.7. The summed E-state index contributed by atoms with van der Waals surface area (Å²) in [4.78, 5) is 15.2. The molecule has 0 bridgehead atoms. The third-order valence-corrected chi connectivity index (χ3v) is 4.42. The minimum Gasteiger partial charge on any atom is -0.473 e. The van der Waals surface area contributed by atoms with Gasteiger partial charge in [-0.15, -0.1) is 0 Å². The summed E-state index contributed by atoms with van der Waals surface area (Å²) in [5.41, 5.74) is 3.16. The van der Waals surface area contributed by atoms with E-state index in [9.17, 15) is 0 Å². The normalized spacial score (nSPS) is 15.8. The molecule has 1 fully saturated rings. The van der Waals surface area contributed by atoms with Gasteiger partial charge in [0.15, 0.2) is 5.65 Å². The first-order valence-corrected chi connectivity index (χ1v) is 8.17. The minimum atomic E-state index is 0.185. The van der Waals surface area contributed by atoms with Crippen LogP contribution < -0.4 is 9.64 Å². The van der Waals surface area contributed by atoms with Gasteiger partial charge in [-0.1, -0.05) is 0 Å². The summed E-state index contributed by atoms with van der Waals surface area (Å²) >= 11 is 0. The van der Waals surface area contributed by atoms with Gasteiger partial charge in [-0.25, -0.2) is 9.97 Å². The van der Waals surface area contributed by atoms with E-state index in [0.717, 1.165) is 42.7 Å². The summed E-state index contributed by atoms with van der Waals surface area (Å²) in [6.45, 7) is 3.91. The molecule has 4 rings (SSSR count). The summed E-state index contributed by atoms with van der Waals surface area (Å²) in [7, 11) is 1.93. The Balaban J connectivity index is 1.50. The Morgan fingerprint density at radius 2 is 2.00 bits per heavy atom. The molecule has 3 aromatic rings. The summed E-state index contributed by atoms with van der Waals surface area (Å²) < 4.78 is 7.75. The molecule has 4 heterocycles. The van der Waals surface area contributed by atoms with E-state index in [-0.39, 0.29) is 6.10 Å². The second-order valence-electron chi connectivity index (χ2n) is 6.14. The summed E-state index contributed by atoms with van der Waals surface area (Å²) in [5.74, 6) is 0.602. The molecule has 7 nitrogen and oxygen atoms in total. The number of hydrogen-bond acceptors (Lipinski definition) is 6. The van der Waals surface area contributed by atoms with Crippen LogP contribution in [0.3, 0.4) is 0 Å². The molecule has 0 atom stereocenters. The predicted octanol–water partition coefficient (Wildman–Crippen LogP) is 2.11. The van der Waals surface area contributed by atoms with Gasteiger partial charge in [0, 0.05) is 51.1 Å². The molecular weight excluding hydrogens is 304 g/mol. The van der Waals surface area contributed by atoms with Gasteiger partial charge < -0.3 is 9.64 Å². The Labute approximate surface area is 140 Å². The first-order valence-electron chi connectivity index (χ1n) is 8.17. The Kier molecular flexibility index (Phi) is 3.76. The van der Waals surface area contributed by atoms with Crippen LogP contribution in [0.2, 0.25) is 0 Å². The van der Waals surface area contributed by atoms with Crippen LogP contribution in [-0.2, 0) is 7.05 Å². The molecule has 3 aromatic heterocycles. The molecule has 1 saturated heterocycles. The van der Waals surface area contributed by atoms with Crippen LogP contribution in [0.4, 0.5) is 5.69 Å². The number of rotatable bonds is 3. The van der Waals surface area contributed by atoms with Crippen LogP contribution in [0, 0.1) is 6.92 Å². The maximum atomic E-state index is 5.93. The van der Waals surface area contributed by atoms with Gasteiger partial charge in [0.05, 0.1) is 23.5 Å². The topological polar surface area (TPSA) is 69.0 Å². The molecule has 0 aromatic carbocycles. The summed E-state index contributed by atoms with van der Waals surface area (Å²) in [6.07, 6.45) is 8.98. The Morgan fingerprint density at radius 1 is 1.17 bits per heavy atom. The van der Waals surface area contributed by atoms with Crippen molar-refractivity contribution in [2.24, 2.45) is 7.05 Å². The smallest absolute Gasteiger partial charge is 0.232 e. The van der Waals surface area contributed by atoms with Gasteiger partial charge in [-0.3, -0.25) is 9.67 Å². The molecule has 1 aliphatic heterocycles. The molecule has 24 heavy (non-hydrogen) atoms. The van der Waals surface area contributed by atoms with E-state index in [2.05, 4.69) is 31.0 Å². The number of aryl methyl sites for hydroxylation is 2. The van der Waals surface area contributed by atoms with E-state index < -0.39 is 0 Å². The zero-order valence-electron chi connectivity index (χ0n) is 13.9. The van der Waals surface area contributed by atoms with Crippen LogP contribution in [0.1, 0.15) is 18.5 Å². The molecule has 0 N–H and O–H groups in total. The molecule has 0 amide bonds. The average molecular weight is 324 g/mol. The van der Waals surface area contributed by atoms with E-state index in [1.807, 2.05) is 24.9 Å². The van der Waals surface area contributed by atoms with Crippen LogP contribution >= 0.6 is 0 Å². The third kappa shape index (κ3) is 2.77. The van der Waals surface area contributed by atoms with Gasteiger partial charge in [-0.05, 0) is 13.0 Å². The molecule has 0 saturated carbocycles. The average Bonchev–Trinajstić information content (AvgIpc) is 2.97. The van der Waals surface area contributed by atoms with Gasteiger partial charge in [-0.2, -0.15) is 5.10 Å². The predicted molar refractivity (Wildman–Crippen MR) is 91.1 cm³/mol. The van der Waals surface area contributed by atoms with Gasteiger partial charge in [0.1, 0.15) is 6.10 Å². The Hall–Kier alpha value is -2.70. The van der Waals surface area contributed by atoms with Crippen molar-refractivity contribution in [1.82, 2.24) is 24.7 Å². The van der Waals surface area contributed by atoms with Crippen molar-refractivity contribution in [2.75, 3.05) is 18.0 Å². The van der Waals surface area contributed by atoms with Crippen molar-refractivity contribution in [3.8, 4) is 5.88 Å². The molecule has 7 heteroatoms. The number of aromatic nitrogens is 5. The lowest BCUT2D eigenvalue weighted by Gasteiger charge is -2.33. The largest absolute Gasteiger partial charge is 0.473 e. The van der Waals surface area contributed by atoms with E-state index in [0.29, 0.717) is 5.88 Å². The lowest BCUT2D eigenvalue weighted by atomic mass is 10.1. The molecule has 1 aliphatic rings. The van der Waals surface area contributed by atoms with Crippen LogP contribution in [0.5, 0.6) is 5.88 Å². The van der Waals surface area contributed by atoms with E-state index in [4.69, 9.17) is 4.74 Å². The number of fused-ring (bicyclic) bond motifs is 1. The van der Waals surface area contributed by atoms with Crippen LogP contribution in [0.15, 0.2) is 30.9 Å². The monoisotopic (exact) mass is 324 g/mol. The van der Waals surface area contributed by atoms with Crippen molar-refractivity contribution in [2.45, 2.75) is 25.9 Å². The second-order valence-corrected chi connectivity index (χ2v) is 6.14. The zero-order chi connectivity index (χ0) is 16.5. The Morgan fingerprint density at radius 3 is 2.75 bits per heavy atom. The molecule has 0 aliphatic carbocycles. The maximum absolute atomic E-state index is 5.93. The van der Waals surface area contributed by atoms with Crippen LogP contribution in [0.25, 0.3) is 11.0 Å². The molecular formula is C17H20N6O. The fourth-order valence-corrected chi connectivity index (χ4v) is 3.21. The number of hydrogen-bond donors (Lipinski definition) is 0. The summed E-state index contributed by atoms with van der Waals surface area (Å²) in [6, 6.07) is 2.15. The number of anilines is 1. The highest BCUT2D eigenvalue weighted by atomic mass is 16.5. The molecule has 124 valence electrons. The molecule has 0 spiro atoms. The zero-order valence-corrected chi connectivity index (χ0v) is 13.9. The highest BCUT2D eigenvalue weighted by molar-refractivity contribution is 5.89. The Bertz CT molecular complexity index is 839.